The van der Waals surface area contributed by atoms with E-state index in [4.69, 9.17) is 0 Å². The Hall–Kier alpha value is -3.01. The Morgan fingerprint density at radius 2 is 1.61 bits per heavy atom. The number of hydrogen-bond donors (Lipinski definition) is 1. The number of aryl methyl sites for hydroxylation is 3. The summed E-state index contributed by atoms with van der Waals surface area (Å²) in [5, 5.41) is 13.4. The van der Waals surface area contributed by atoms with E-state index in [-0.39, 0.29) is 9.80 Å². The zero-order chi connectivity index (χ0) is 22.4. The number of nitriles is 1. The normalized spacial score (nSPS) is 12.1. The zero-order valence-electron chi connectivity index (χ0n) is 17.7. The van der Waals surface area contributed by atoms with Crippen molar-refractivity contribution in [1.29, 1.82) is 5.26 Å². The second kappa shape index (κ2) is 9.86. The average molecular weight is 449 g/mol. The first-order valence-electron chi connectivity index (χ1n) is 9.79. The average Bonchev–Trinajstić information content (AvgIpc) is 2.75. The van der Waals surface area contributed by atoms with E-state index < -0.39 is 9.84 Å². The summed E-state index contributed by atoms with van der Waals surface area (Å²) < 4.78 is 26.6. The number of sulfone groups is 1. The molecule has 31 heavy (non-hydrogen) atoms. The van der Waals surface area contributed by atoms with Crippen LogP contribution >= 0.6 is 11.8 Å². The smallest absolute Gasteiger partial charge is 0.219 e. The summed E-state index contributed by atoms with van der Waals surface area (Å²) in [7, 11) is -3.97. The van der Waals surface area contributed by atoms with Crippen molar-refractivity contribution in [3.8, 4) is 6.07 Å². The van der Waals surface area contributed by atoms with E-state index in [2.05, 4.69) is 5.32 Å². The van der Waals surface area contributed by atoms with Gasteiger partial charge in [0, 0.05) is 11.4 Å². The molecule has 3 aromatic rings. The molecule has 158 valence electrons. The molecule has 0 aliphatic heterocycles. The first-order valence-corrected chi connectivity index (χ1v) is 12.3. The molecule has 0 aliphatic rings. The van der Waals surface area contributed by atoms with Gasteiger partial charge in [0.2, 0.25) is 9.84 Å². The number of anilines is 1. The van der Waals surface area contributed by atoms with Crippen molar-refractivity contribution in [3.63, 3.8) is 0 Å². The first kappa shape index (κ1) is 22.7. The molecule has 0 atom stereocenters. The predicted molar refractivity (Wildman–Crippen MR) is 128 cm³/mol. The van der Waals surface area contributed by atoms with Gasteiger partial charge in [0.15, 0.2) is 4.91 Å². The van der Waals surface area contributed by atoms with Gasteiger partial charge in [0.1, 0.15) is 11.1 Å². The maximum atomic E-state index is 13.3. The third-order valence-electron chi connectivity index (χ3n) is 4.89. The minimum absolute atomic E-state index is 0.1000. The maximum Gasteiger partial charge on any atom is 0.219 e. The Morgan fingerprint density at radius 3 is 2.26 bits per heavy atom. The van der Waals surface area contributed by atoms with E-state index in [0.29, 0.717) is 10.8 Å². The summed E-state index contributed by atoms with van der Waals surface area (Å²) in [5.74, 6) is 0.537. The zero-order valence-corrected chi connectivity index (χ0v) is 19.3. The lowest BCUT2D eigenvalue weighted by atomic mass is 10.1. The largest absolute Gasteiger partial charge is 0.348 e. The van der Waals surface area contributed by atoms with E-state index in [1.165, 1.54) is 23.9 Å². The lowest BCUT2D eigenvalue weighted by Crippen LogP contribution is -2.11. The third-order valence-corrected chi connectivity index (χ3v) is 7.80. The molecule has 3 aromatic carbocycles. The molecule has 0 spiro atoms. The van der Waals surface area contributed by atoms with Crippen LogP contribution < -0.4 is 5.32 Å². The number of thioether (sulfide) groups is 1. The number of rotatable bonds is 7. The Morgan fingerprint density at radius 1 is 0.935 bits per heavy atom. The highest BCUT2D eigenvalue weighted by atomic mass is 32.2. The fourth-order valence-corrected chi connectivity index (χ4v) is 5.76. The quantitative estimate of drug-likeness (QED) is 0.441. The van der Waals surface area contributed by atoms with E-state index in [0.717, 1.165) is 27.9 Å². The molecule has 0 aromatic heterocycles. The fourth-order valence-electron chi connectivity index (χ4n) is 3.11. The number of nitrogens with zero attached hydrogens (tertiary/aromatic N) is 1. The van der Waals surface area contributed by atoms with E-state index in [1.54, 1.807) is 18.2 Å². The highest BCUT2D eigenvalue weighted by Crippen LogP contribution is 2.32. The van der Waals surface area contributed by atoms with Crippen molar-refractivity contribution in [2.24, 2.45) is 0 Å². The van der Waals surface area contributed by atoms with Crippen LogP contribution in [0, 0.1) is 32.1 Å². The summed E-state index contributed by atoms with van der Waals surface area (Å²) in [6.07, 6.45) is 0. The minimum atomic E-state index is -3.97. The fraction of sp³-hybridized carbons (Fsp3) is 0.160. The van der Waals surface area contributed by atoms with Crippen LogP contribution in [0.4, 0.5) is 5.69 Å². The van der Waals surface area contributed by atoms with Crippen LogP contribution in [0.25, 0.3) is 0 Å². The molecule has 0 bridgehead atoms. The van der Waals surface area contributed by atoms with Gasteiger partial charge in [-0.05, 0) is 55.7 Å². The minimum Gasteiger partial charge on any atom is -0.348 e. The predicted octanol–water partition coefficient (Wildman–Crippen LogP) is 6.12. The van der Waals surface area contributed by atoms with Crippen LogP contribution in [0.15, 0.2) is 87.6 Å². The highest BCUT2D eigenvalue weighted by Gasteiger charge is 2.25. The summed E-state index contributed by atoms with van der Waals surface area (Å²) in [4.78, 5) is -0.180. The molecule has 0 unspecified atom stereocenters. The van der Waals surface area contributed by atoms with Gasteiger partial charge in [-0.15, -0.1) is 11.8 Å². The van der Waals surface area contributed by atoms with Gasteiger partial charge in [-0.2, -0.15) is 5.26 Å². The molecule has 4 nitrogen and oxygen atoms in total. The Bertz CT molecular complexity index is 1260. The summed E-state index contributed by atoms with van der Waals surface area (Å²) in [6.45, 7) is 5.97. The molecule has 0 radical (unpaired) electrons. The first-order chi connectivity index (χ1) is 14.8. The monoisotopic (exact) mass is 448 g/mol. The molecule has 6 heteroatoms. The number of nitrogens with one attached hydrogen (secondary N) is 1. The molecule has 0 saturated heterocycles. The van der Waals surface area contributed by atoms with Crippen LogP contribution in [0.3, 0.4) is 0 Å². The standard InChI is InChI=1S/C25H24N2O2S2/c1-18-13-14-23(20(3)15-18)27-25(30-17-21-10-8-7-9-19(21)2)24(16-26)31(28,29)22-11-5-4-6-12-22/h4-15,27H,17H2,1-3H3/b25-24+. The van der Waals surface area contributed by atoms with Gasteiger partial charge in [0.25, 0.3) is 0 Å². The summed E-state index contributed by atoms with van der Waals surface area (Å²) in [6, 6.07) is 23.8. The van der Waals surface area contributed by atoms with Crippen LogP contribution in [-0.2, 0) is 15.6 Å². The Labute approximate surface area is 188 Å². The molecule has 3 rings (SSSR count). The van der Waals surface area contributed by atoms with Gasteiger partial charge in [-0.1, -0.05) is 60.2 Å². The maximum absolute atomic E-state index is 13.3. The van der Waals surface area contributed by atoms with E-state index in [1.807, 2.05) is 69.3 Å². The Kier molecular flexibility index (Phi) is 7.21. The van der Waals surface area contributed by atoms with Crippen molar-refractivity contribution in [1.82, 2.24) is 0 Å². The lowest BCUT2D eigenvalue weighted by Gasteiger charge is -2.16. The van der Waals surface area contributed by atoms with Crippen LogP contribution in [0.5, 0.6) is 0 Å². The van der Waals surface area contributed by atoms with Gasteiger partial charge in [0.05, 0.1) is 4.90 Å². The molecule has 0 saturated carbocycles. The van der Waals surface area contributed by atoms with Crippen molar-refractivity contribution < 1.29 is 8.42 Å². The van der Waals surface area contributed by atoms with E-state index in [9.17, 15) is 13.7 Å². The van der Waals surface area contributed by atoms with Crippen LogP contribution in [-0.4, -0.2) is 8.42 Å². The van der Waals surface area contributed by atoms with Gasteiger partial charge in [-0.25, -0.2) is 8.42 Å². The molecular formula is C25H24N2O2S2. The number of benzene rings is 3. The molecule has 1 N–H and O–H groups in total. The van der Waals surface area contributed by atoms with Crippen molar-refractivity contribution in [3.05, 3.63) is 105 Å². The van der Waals surface area contributed by atoms with Gasteiger partial charge < -0.3 is 5.32 Å². The number of allylic oxidation sites excluding steroid dienone is 1. The highest BCUT2D eigenvalue weighted by molar-refractivity contribution is 8.04. The molecule has 0 aliphatic carbocycles. The Balaban J connectivity index is 2.08. The SMILES string of the molecule is Cc1ccc(N/C(SCc2ccccc2C)=C(/C#N)S(=O)(=O)c2ccccc2)c(C)c1. The topological polar surface area (TPSA) is 70.0 Å². The van der Waals surface area contributed by atoms with Crippen molar-refractivity contribution >= 4 is 27.3 Å². The van der Waals surface area contributed by atoms with Crippen LogP contribution in [0.2, 0.25) is 0 Å². The molecule has 0 amide bonds. The van der Waals surface area contributed by atoms with Crippen LogP contribution in [0.1, 0.15) is 22.3 Å². The number of hydrogen-bond acceptors (Lipinski definition) is 5. The molecule has 0 heterocycles. The summed E-state index contributed by atoms with van der Waals surface area (Å²) >= 11 is 1.32. The third kappa shape index (κ3) is 5.38. The molecular weight excluding hydrogens is 424 g/mol. The molecule has 0 fully saturated rings. The summed E-state index contributed by atoms with van der Waals surface area (Å²) in [5.41, 5.74) is 5.06. The second-order valence-electron chi connectivity index (χ2n) is 7.25. The van der Waals surface area contributed by atoms with E-state index >= 15 is 0 Å². The van der Waals surface area contributed by atoms with Gasteiger partial charge >= 0.3 is 0 Å². The van der Waals surface area contributed by atoms with Gasteiger partial charge in [-0.3, -0.25) is 0 Å². The lowest BCUT2D eigenvalue weighted by molar-refractivity contribution is 0.603. The second-order valence-corrected chi connectivity index (χ2v) is 10.1. The van der Waals surface area contributed by atoms with Crippen molar-refractivity contribution in [2.45, 2.75) is 31.4 Å². The van der Waals surface area contributed by atoms with Crippen molar-refractivity contribution in [2.75, 3.05) is 5.32 Å².